The third-order valence-electron chi connectivity index (χ3n) is 4.44. The molecular weight excluding hydrogens is 352 g/mol. The molecule has 0 fully saturated rings. The van der Waals surface area contributed by atoms with Crippen LogP contribution in [0.4, 0.5) is 11.6 Å². The van der Waals surface area contributed by atoms with Crippen LogP contribution in [0.5, 0.6) is 0 Å². The standard InChI is InChI=1S/C17H16N6O4/c1-8-3-4-18-10(5-8)14-21-17(22-27-14)20-11-7-19-13-9(2)6-12(16(25)26)23(13)15(11)24/h3-5,7,9,12H,6H2,1-2H3,(H,20,22)(H,25,26)/t9-,12+/m1/s1. The van der Waals surface area contributed by atoms with Crippen LogP contribution in [-0.2, 0) is 4.79 Å². The van der Waals surface area contributed by atoms with E-state index in [1.54, 1.807) is 12.3 Å². The van der Waals surface area contributed by atoms with Crippen LogP contribution in [0, 0.1) is 6.92 Å². The molecule has 3 aromatic rings. The van der Waals surface area contributed by atoms with E-state index in [-0.39, 0.29) is 23.4 Å². The lowest BCUT2D eigenvalue weighted by Gasteiger charge is -2.10. The number of anilines is 2. The maximum Gasteiger partial charge on any atom is 0.326 e. The Morgan fingerprint density at radius 3 is 2.96 bits per heavy atom. The van der Waals surface area contributed by atoms with Crippen LogP contribution < -0.4 is 10.9 Å². The van der Waals surface area contributed by atoms with Gasteiger partial charge in [-0.15, -0.1) is 0 Å². The smallest absolute Gasteiger partial charge is 0.326 e. The van der Waals surface area contributed by atoms with Gasteiger partial charge in [0.2, 0.25) is 0 Å². The maximum absolute atomic E-state index is 12.7. The zero-order valence-corrected chi connectivity index (χ0v) is 14.6. The Kier molecular flexibility index (Phi) is 3.94. The number of aryl methyl sites for hydroxylation is 1. The molecule has 4 heterocycles. The molecule has 0 aromatic carbocycles. The van der Waals surface area contributed by atoms with Crippen molar-refractivity contribution in [2.24, 2.45) is 0 Å². The molecule has 4 rings (SSSR count). The summed E-state index contributed by atoms with van der Waals surface area (Å²) in [5.74, 6) is -0.458. The summed E-state index contributed by atoms with van der Waals surface area (Å²) in [5, 5.41) is 15.9. The van der Waals surface area contributed by atoms with Gasteiger partial charge >= 0.3 is 5.97 Å². The highest BCUT2D eigenvalue weighted by Gasteiger charge is 2.35. The van der Waals surface area contributed by atoms with Crippen molar-refractivity contribution in [3.8, 4) is 11.6 Å². The number of carboxylic acid groups (broad SMARTS) is 1. The highest BCUT2D eigenvalue weighted by molar-refractivity contribution is 5.73. The molecule has 27 heavy (non-hydrogen) atoms. The van der Waals surface area contributed by atoms with E-state index in [0.717, 1.165) is 5.56 Å². The summed E-state index contributed by atoms with van der Waals surface area (Å²) >= 11 is 0. The summed E-state index contributed by atoms with van der Waals surface area (Å²) in [5.41, 5.74) is 1.09. The van der Waals surface area contributed by atoms with E-state index in [2.05, 4.69) is 25.4 Å². The predicted octanol–water partition coefficient (Wildman–Crippen LogP) is 1.87. The normalized spacial score (nSPS) is 18.3. The van der Waals surface area contributed by atoms with E-state index in [9.17, 15) is 14.7 Å². The van der Waals surface area contributed by atoms with Crippen molar-refractivity contribution in [3.05, 3.63) is 46.3 Å². The Morgan fingerprint density at radius 1 is 1.41 bits per heavy atom. The van der Waals surface area contributed by atoms with Crippen LogP contribution in [0.25, 0.3) is 11.6 Å². The van der Waals surface area contributed by atoms with Crippen molar-refractivity contribution in [1.29, 1.82) is 0 Å². The quantitative estimate of drug-likeness (QED) is 0.707. The zero-order valence-electron chi connectivity index (χ0n) is 14.6. The summed E-state index contributed by atoms with van der Waals surface area (Å²) in [6.07, 6.45) is 3.31. The Hall–Kier alpha value is -3.56. The molecule has 0 aliphatic carbocycles. The summed E-state index contributed by atoms with van der Waals surface area (Å²) < 4.78 is 6.38. The van der Waals surface area contributed by atoms with E-state index in [0.29, 0.717) is 17.9 Å². The molecule has 0 radical (unpaired) electrons. The highest BCUT2D eigenvalue weighted by atomic mass is 16.5. The third-order valence-corrected chi connectivity index (χ3v) is 4.44. The molecule has 3 aromatic heterocycles. The van der Waals surface area contributed by atoms with E-state index >= 15 is 0 Å². The average molecular weight is 368 g/mol. The number of aliphatic carboxylic acids is 1. The number of carbonyl (C=O) groups is 1. The van der Waals surface area contributed by atoms with Gasteiger partial charge in [0.05, 0.1) is 6.20 Å². The van der Waals surface area contributed by atoms with Gasteiger partial charge in [0.1, 0.15) is 23.2 Å². The van der Waals surface area contributed by atoms with Crippen LogP contribution in [0.3, 0.4) is 0 Å². The molecule has 2 atom stereocenters. The molecule has 10 nitrogen and oxygen atoms in total. The van der Waals surface area contributed by atoms with Gasteiger partial charge in [0.25, 0.3) is 17.4 Å². The lowest BCUT2D eigenvalue weighted by Crippen LogP contribution is -2.29. The molecule has 1 aliphatic rings. The van der Waals surface area contributed by atoms with Gasteiger partial charge in [-0.05, 0) is 36.2 Å². The van der Waals surface area contributed by atoms with Crippen molar-refractivity contribution in [3.63, 3.8) is 0 Å². The largest absolute Gasteiger partial charge is 0.480 e. The lowest BCUT2D eigenvalue weighted by molar-refractivity contribution is -0.140. The van der Waals surface area contributed by atoms with Gasteiger partial charge in [-0.3, -0.25) is 14.3 Å². The topological polar surface area (TPSA) is 136 Å². The first kappa shape index (κ1) is 16.9. The minimum Gasteiger partial charge on any atom is -0.480 e. The van der Waals surface area contributed by atoms with Crippen LogP contribution >= 0.6 is 0 Å². The van der Waals surface area contributed by atoms with Gasteiger partial charge < -0.3 is 14.9 Å². The van der Waals surface area contributed by atoms with Crippen molar-refractivity contribution < 1.29 is 14.4 Å². The van der Waals surface area contributed by atoms with E-state index in [1.165, 1.54) is 10.8 Å². The van der Waals surface area contributed by atoms with E-state index in [4.69, 9.17) is 4.52 Å². The highest BCUT2D eigenvalue weighted by Crippen LogP contribution is 2.33. The fourth-order valence-corrected chi connectivity index (χ4v) is 3.14. The fraction of sp³-hybridized carbons (Fsp3) is 0.294. The van der Waals surface area contributed by atoms with Gasteiger partial charge in [-0.25, -0.2) is 9.78 Å². The molecule has 0 unspecified atom stereocenters. The summed E-state index contributed by atoms with van der Waals surface area (Å²) in [4.78, 5) is 36.8. The van der Waals surface area contributed by atoms with Crippen LogP contribution in [0.15, 0.2) is 33.8 Å². The van der Waals surface area contributed by atoms with Crippen molar-refractivity contribution in [1.82, 2.24) is 24.7 Å². The molecule has 1 aliphatic heterocycles. The van der Waals surface area contributed by atoms with Gasteiger partial charge in [-0.1, -0.05) is 6.92 Å². The number of carboxylic acids is 1. The second-order valence-corrected chi connectivity index (χ2v) is 6.46. The lowest BCUT2D eigenvalue weighted by atomic mass is 10.1. The monoisotopic (exact) mass is 368 g/mol. The summed E-state index contributed by atoms with van der Waals surface area (Å²) in [6.45, 7) is 3.76. The third kappa shape index (κ3) is 2.94. The molecule has 0 spiro atoms. The van der Waals surface area contributed by atoms with E-state index in [1.807, 2.05) is 19.9 Å². The zero-order chi connectivity index (χ0) is 19.1. The minimum atomic E-state index is -1.06. The Bertz CT molecular complexity index is 1090. The molecular formula is C17H16N6O4. The Balaban J connectivity index is 1.66. The van der Waals surface area contributed by atoms with Gasteiger partial charge in [0, 0.05) is 12.1 Å². The number of hydrogen-bond donors (Lipinski definition) is 2. The number of rotatable bonds is 4. The molecule has 0 bridgehead atoms. The van der Waals surface area contributed by atoms with Crippen molar-refractivity contribution in [2.45, 2.75) is 32.2 Å². The van der Waals surface area contributed by atoms with Crippen molar-refractivity contribution >= 4 is 17.6 Å². The van der Waals surface area contributed by atoms with Gasteiger partial charge in [-0.2, -0.15) is 4.98 Å². The second kappa shape index (κ2) is 6.31. The molecule has 0 saturated carbocycles. The second-order valence-electron chi connectivity index (χ2n) is 6.46. The number of hydrogen-bond acceptors (Lipinski definition) is 8. The number of pyridine rings is 1. The molecule has 0 saturated heterocycles. The first-order valence-electron chi connectivity index (χ1n) is 8.32. The molecule has 2 N–H and O–H groups in total. The average Bonchev–Trinajstić information content (AvgIpc) is 3.23. The number of aromatic nitrogens is 5. The van der Waals surface area contributed by atoms with E-state index < -0.39 is 17.6 Å². The maximum atomic E-state index is 12.7. The first-order valence-corrected chi connectivity index (χ1v) is 8.32. The number of fused-ring (bicyclic) bond motifs is 1. The minimum absolute atomic E-state index is 0.0608. The number of nitrogens with one attached hydrogen (secondary N) is 1. The fourth-order valence-electron chi connectivity index (χ4n) is 3.14. The predicted molar refractivity (Wildman–Crippen MR) is 93.8 cm³/mol. The van der Waals surface area contributed by atoms with Crippen LogP contribution in [0.1, 0.15) is 36.7 Å². The molecule has 0 amide bonds. The molecule has 138 valence electrons. The SMILES string of the molecule is Cc1ccnc(-c2nc(Nc3cnc4n(c3=O)[C@H](C(=O)O)C[C@H]4C)no2)c1. The number of nitrogens with zero attached hydrogens (tertiary/aromatic N) is 5. The Labute approximate surface area is 152 Å². The Morgan fingerprint density at radius 2 is 2.22 bits per heavy atom. The first-order chi connectivity index (χ1) is 12.9. The summed E-state index contributed by atoms with van der Waals surface area (Å²) in [7, 11) is 0. The van der Waals surface area contributed by atoms with Crippen LogP contribution in [0.2, 0.25) is 0 Å². The van der Waals surface area contributed by atoms with Crippen molar-refractivity contribution in [2.75, 3.05) is 5.32 Å². The molecule has 10 heteroatoms. The summed E-state index contributed by atoms with van der Waals surface area (Å²) in [6, 6.07) is 2.70. The van der Waals surface area contributed by atoms with Gasteiger partial charge in [0.15, 0.2) is 0 Å². The van der Waals surface area contributed by atoms with Crippen LogP contribution in [-0.4, -0.2) is 35.8 Å².